The standard InChI is InChI=1S/C26H32N2O5/c1-4-17(13-23(29)28-16-26(2,3)24(30)31)14-27-25(32)33-15-22-20-11-7-5-9-18(20)19-10-6-8-12-21(19)22/h5-12,17,22H,4,13-16H2,1-3H3,(H,27,32)(H,28,29)(H,30,31). The SMILES string of the molecule is CCC(CNC(=O)OCC1c2ccccc2-c2ccccc21)CC(=O)NCC(C)(C)C(=O)O. The van der Waals surface area contributed by atoms with Crippen LogP contribution in [0.25, 0.3) is 11.1 Å². The van der Waals surface area contributed by atoms with Crippen molar-refractivity contribution in [3.63, 3.8) is 0 Å². The van der Waals surface area contributed by atoms with Gasteiger partial charge in [-0.3, -0.25) is 9.59 Å². The van der Waals surface area contributed by atoms with Gasteiger partial charge >= 0.3 is 12.1 Å². The predicted octanol–water partition coefficient (Wildman–Crippen LogP) is 4.17. The molecule has 0 bridgehead atoms. The number of hydrogen-bond donors (Lipinski definition) is 3. The Morgan fingerprint density at radius 1 is 1.00 bits per heavy atom. The number of carboxylic acid groups (broad SMARTS) is 1. The first-order chi connectivity index (χ1) is 15.7. The Hall–Kier alpha value is -3.35. The summed E-state index contributed by atoms with van der Waals surface area (Å²) < 4.78 is 5.54. The summed E-state index contributed by atoms with van der Waals surface area (Å²) in [7, 11) is 0. The van der Waals surface area contributed by atoms with Crippen LogP contribution in [0, 0.1) is 11.3 Å². The van der Waals surface area contributed by atoms with E-state index in [4.69, 9.17) is 9.84 Å². The number of aliphatic carboxylic acids is 1. The third-order valence-electron chi connectivity index (χ3n) is 6.24. The third-order valence-corrected chi connectivity index (χ3v) is 6.24. The lowest BCUT2D eigenvalue weighted by Crippen LogP contribution is -2.40. The van der Waals surface area contributed by atoms with Gasteiger partial charge < -0.3 is 20.5 Å². The molecule has 0 saturated heterocycles. The van der Waals surface area contributed by atoms with Crippen molar-refractivity contribution in [2.45, 2.75) is 39.5 Å². The summed E-state index contributed by atoms with van der Waals surface area (Å²) in [4.78, 5) is 35.7. The van der Waals surface area contributed by atoms with Gasteiger partial charge in [0.2, 0.25) is 5.91 Å². The molecule has 2 amide bonds. The zero-order valence-electron chi connectivity index (χ0n) is 19.4. The Labute approximate surface area is 194 Å². The number of alkyl carbamates (subject to hydrolysis) is 1. The number of nitrogens with one attached hydrogen (secondary N) is 2. The van der Waals surface area contributed by atoms with Crippen molar-refractivity contribution in [1.29, 1.82) is 0 Å². The molecule has 0 aromatic heterocycles. The van der Waals surface area contributed by atoms with Crippen LogP contribution >= 0.6 is 0 Å². The number of carboxylic acids is 1. The topological polar surface area (TPSA) is 105 Å². The van der Waals surface area contributed by atoms with Crippen molar-refractivity contribution < 1.29 is 24.2 Å². The van der Waals surface area contributed by atoms with Crippen LogP contribution in [0.15, 0.2) is 48.5 Å². The molecule has 0 fully saturated rings. The van der Waals surface area contributed by atoms with E-state index in [1.807, 2.05) is 31.2 Å². The lowest BCUT2D eigenvalue weighted by molar-refractivity contribution is -0.146. The van der Waals surface area contributed by atoms with Crippen molar-refractivity contribution >= 4 is 18.0 Å². The van der Waals surface area contributed by atoms with Crippen LogP contribution in [0.4, 0.5) is 4.79 Å². The molecule has 7 nitrogen and oxygen atoms in total. The molecule has 3 rings (SSSR count). The zero-order chi connectivity index (χ0) is 24.0. The highest BCUT2D eigenvalue weighted by Gasteiger charge is 2.29. The molecular weight excluding hydrogens is 420 g/mol. The Balaban J connectivity index is 1.48. The summed E-state index contributed by atoms with van der Waals surface area (Å²) in [6.45, 7) is 5.66. The molecule has 33 heavy (non-hydrogen) atoms. The summed E-state index contributed by atoms with van der Waals surface area (Å²) in [5, 5.41) is 14.6. The molecule has 1 atom stereocenters. The van der Waals surface area contributed by atoms with E-state index < -0.39 is 17.5 Å². The second-order valence-electron chi connectivity index (χ2n) is 9.15. The van der Waals surface area contributed by atoms with Gasteiger partial charge in [-0.1, -0.05) is 61.9 Å². The Kier molecular flexibility index (Phi) is 7.74. The molecule has 0 spiro atoms. The van der Waals surface area contributed by atoms with Crippen LogP contribution in [0.2, 0.25) is 0 Å². The average Bonchev–Trinajstić information content (AvgIpc) is 3.12. The fourth-order valence-corrected chi connectivity index (χ4v) is 3.97. The number of rotatable bonds is 10. The second-order valence-corrected chi connectivity index (χ2v) is 9.15. The number of carbonyl (C=O) groups is 3. The van der Waals surface area contributed by atoms with Crippen molar-refractivity contribution in [3.05, 3.63) is 59.7 Å². The minimum Gasteiger partial charge on any atom is -0.481 e. The maximum Gasteiger partial charge on any atom is 0.407 e. The van der Waals surface area contributed by atoms with Crippen LogP contribution < -0.4 is 10.6 Å². The van der Waals surface area contributed by atoms with Gasteiger partial charge in [-0.05, 0) is 42.0 Å². The Bertz CT molecular complexity index is 972. The molecule has 1 aliphatic carbocycles. The number of hydrogen-bond acceptors (Lipinski definition) is 4. The number of ether oxygens (including phenoxy) is 1. The molecule has 2 aromatic carbocycles. The van der Waals surface area contributed by atoms with Crippen molar-refractivity contribution in [2.24, 2.45) is 11.3 Å². The average molecular weight is 453 g/mol. The van der Waals surface area contributed by atoms with Crippen LogP contribution in [0.1, 0.15) is 50.7 Å². The van der Waals surface area contributed by atoms with E-state index >= 15 is 0 Å². The predicted molar refractivity (Wildman–Crippen MR) is 126 cm³/mol. The van der Waals surface area contributed by atoms with Crippen LogP contribution in [0.3, 0.4) is 0 Å². The molecule has 7 heteroatoms. The quantitative estimate of drug-likeness (QED) is 0.502. The van der Waals surface area contributed by atoms with Gasteiger partial charge in [0.1, 0.15) is 6.61 Å². The zero-order valence-corrected chi connectivity index (χ0v) is 19.4. The maximum atomic E-state index is 12.4. The van der Waals surface area contributed by atoms with Gasteiger partial charge in [-0.2, -0.15) is 0 Å². The van der Waals surface area contributed by atoms with E-state index in [0.717, 1.165) is 11.1 Å². The van der Waals surface area contributed by atoms with E-state index in [-0.39, 0.29) is 37.3 Å². The monoisotopic (exact) mass is 452 g/mol. The van der Waals surface area contributed by atoms with E-state index in [2.05, 4.69) is 34.9 Å². The molecule has 0 saturated carbocycles. The largest absolute Gasteiger partial charge is 0.481 e. The van der Waals surface area contributed by atoms with Crippen LogP contribution in [-0.2, 0) is 14.3 Å². The van der Waals surface area contributed by atoms with Crippen molar-refractivity contribution in [2.75, 3.05) is 19.7 Å². The van der Waals surface area contributed by atoms with Crippen LogP contribution in [0.5, 0.6) is 0 Å². The van der Waals surface area contributed by atoms with Crippen molar-refractivity contribution in [3.8, 4) is 11.1 Å². The minimum absolute atomic E-state index is 0.00603. The lowest BCUT2D eigenvalue weighted by atomic mass is 9.93. The summed E-state index contributed by atoms with van der Waals surface area (Å²) in [6.07, 6.45) is 0.387. The first-order valence-corrected chi connectivity index (χ1v) is 11.3. The number of amides is 2. The van der Waals surface area contributed by atoms with E-state index in [0.29, 0.717) is 13.0 Å². The summed E-state index contributed by atoms with van der Waals surface area (Å²) >= 11 is 0. The maximum absolute atomic E-state index is 12.4. The second kappa shape index (κ2) is 10.5. The highest BCUT2D eigenvalue weighted by atomic mass is 16.5. The van der Waals surface area contributed by atoms with Gasteiger partial charge in [0.15, 0.2) is 0 Å². The highest BCUT2D eigenvalue weighted by Crippen LogP contribution is 2.44. The summed E-state index contributed by atoms with van der Waals surface area (Å²) in [6, 6.07) is 16.3. The molecule has 0 heterocycles. The number of benzene rings is 2. The molecule has 176 valence electrons. The van der Waals surface area contributed by atoms with Gasteiger partial charge in [0.25, 0.3) is 0 Å². The molecule has 1 aliphatic rings. The summed E-state index contributed by atoms with van der Waals surface area (Å²) in [5.74, 6) is -1.27. The molecule has 3 N–H and O–H groups in total. The summed E-state index contributed by atoms with van der Waals surface area (Å²) in [5.41, 5.74) is 3.62. The van der Waals surface area contributed by atoms with Gasteiger partial charge in [0.05, 0.1) is 5.41 Å². The fraction of sp³-hybridized carbons (Fsp3) is 0.423. The van der Waals surface area contributed by atoms with Gasteiger partial charge in [-0.25, -0.2) is 4.79 Å². The fourth-order valence-electron chi connectivity index (χ4n) is 3.97. The molecule has 0 radical (unpaired) electrons. The molecule has 1 unspecified atom stereocenters. The first-order valence-electron chi connectivity index (χ1n) is 11.3. The molecule has 0 aliphatic heterocycles. The highest BCUT2D eigenvalue weighted by molar-refractivity contribution is 5.80. The van der Waals surface area contributed by atoms with Crippen molar-refractivity contribution in [1.82, 2.24) is 10.6 Å². The molecular formula is C26H32N2O5. The lowest BCUT2D eigenvalue weighted by Gasteiger charge is -2.21. The Morgan fingerprint density at radius 3 is 2.12 bits per heavy atom. The molecule has 2 aromatic rings. The van der Waals surface area contributed by atoms with Gasteiger partial charge in [0, 0.05) is 25.4 Å². The van der Waals surface area contributed by atoms with E-state index in [1.54, 1.807) is 13.8 Å². The minimum atomic E-state index is -1.03. The third kappa shape index (κ3) is 5.92. The van der Waals surface area contributed by atoms with Crippen LogP contribution in [-0.4, -0.2) is 42.8 Å². The first kappa shape index (κ1) is 24.3. The number of carbonyl (C=O) groups excluding carboxylic acids is 2. The van der Waals surface area contributed by atoms with E-state index in [1.165, 1.54) is 11.1 Å². The normalized spacial score (nSPS) is 13.5. The smallest absolute Gasteiger partial charge is 0.407 e. The number of fused-ring (bicyclic) bond motifs is 3. The van der Waals surface area contributed by atoms with E-state index in [9.17, 15) is 14.4 Å². The van der Waals surface area contributed by atoms with Gasteiger partial charge in [-0.15, -0.1) is 0 Å². The Morgan fingerprint density at radius 2 is 1.58 bits per heavy atom.